The van der Waals surface area contributed by atoms with Crippen LogP contribution in [0.1, 0.15) is 30.9 Å². The fraction of sp³-hybridized carbons (Fsp3) is 0.351. The first kappa shape index (κ1) is 35.4. The second-order valence-corrected chi connectivity index (χ2v) is 13.6. The number of pyridine rings is 2. The third-order valence-electron chi connectivity index (χ3n) is 9.18. The number of aliphatic hydroxyl groups excluding tert-OH is 1. The van der Waals surface area contributed by atoms with Gasteiger partial charge in [0.25, 0.3) is 0 Å². The number of aliphatic hydroxyl groups is 1. The quantitative estimate of drug-likeness (QED) is 0.176. The van der Waals surface area contributed by atoms with Gasteiger partial charge in [0.2, 0.25) is 11.8 Å². The molecule has 11 nitrogen and oxygen atoms in total. The maximum absolute atomic E-state index is 12.1. The Morgan fingerprint density at radius 2 is 1.88 bits per heavy atom. The van der Waals surface area contributed by atoms with Crippen LogP contribution < -0.4 is 15.0 Å². The highest BCUT2D eigenvalue weighted by atomic mass is 35.5. The molecule has 0 radical (unpaired) electrons. The number of halogens is 2. The number of likely N-dealkylation sites (N-methyl/N-ethyl adjacent to an activating group) is 1. The topological polar surface area (TPSA) is 131 Å². The van der Waals surface area contributed by atoms with Gasteiger partial charge in [0, 0.05) is 91.9 Å². The maximum atomic E-state index is 12.1. The third-order valence-corrected chi connectivity index (χ3v) is 9.97. The molecule has 50 heavy (non-hydrogen) atoms. The molecule has 1 saturated heterocycles. The van der Waals surface area contributed by atoms with E-state index in [4.69, 9.17) is 32.9 Å². The van der Waals surface area contributed by atoms with E-state index in [0.717, 1.165) is 36.4 Å². The van der Waals surface area contributed by atoms with Gasteiger partial charge in [-0.1, -0.05) is 53.5 Å². The van der Waals surface area contributed by atoms with Gasteiger partial charge in [0.1, 0.15) is 0 Å². The number of fused-ring (bicyclic) bond motifs is 1. The third kappa shape index (κ3) is 7.66. The van der Waals surface area contributed by atoms with Crippen molar-refractivity contribution in [1.82, 2.24) is 25.1 Å². The van der Waals surface area contributed by atoms with E-state index >= 15 is 0 Å². The summed E-state index contributed by atoms with van der Waals surface area (Å²) in [5, 5.41) is 23.5. The Hall–Kier alpha value is -4.42. The van der Waals surface area contributed by atoms with E-state index in [1.54, 1.807) is 18.3 Å². The van der Waals surface area contributed by atoms with Crippen LogP contribution in [-0.2, 0) is 17.9 Å². The summed E-state index contributed by atoms with van der Waals surface area (Å²) in [7, 11) is 3.56. The van der Waals surface area contributed by atoms with E-state index in [0.29, 0.717) is 57.5 Å². The van der Waals surface area contributed by atoms with Gasteiger partial charge in [-0.15, -0.1) is 0 Å². The monoisotopic (exact) mass is 718 g/mol. The number of β-amino-alcohol motifs (C(OH)–C–C–N with tert-alkyl or cyclic N) is 1. The molecule has 0 spiro atoms. The predicted octanol–water partition coefficient (Wildman–Crippen LogP) is 6.18. The minimum atomic E-state index is -1.10. The number of rotatable bonds is 10. The van der Waals surface area contributed by atoms with Crippen molar-refractivity contribution in [3.63, 3.8) is 0 Å². The van der Waals surface area contributed by atoms with Gasteiger partial charge in [0.15, 0.2) is 0 Å². The number of carbonyl (C=O) groups is 2. The summed E-state index contributed by atoms with van der Waals surface area (Å²) < 4.78 is 5.60. The van der Waals surface area contributed by atoms with Gasteiger partial charge in [-0.05, 0) is 43.2 Å². The SMILES string of the molecule is COc1nc(-c2cccc(-c3ccnc(-c4ccc5c(c4)N(C)CCN(CC(C)O)C5)c3Cl)c2Cl)ccc1CN(CC1CCC(=O)N1)C(=O)O. The molecule has 262 valence electrons. The number of carbonyl (C=O) groups excluding carboxylic acids is 1. The zero-order valence-corrected chi connectivity index (χ0v) is 29.7. The fourth-order valence-electron chi connectivity index (χ4n) is 6.66. The Bertz CT molecular complexity index is 1910. The summed E-state index contributed by atoms with van der Waals surface area (Å²) in [5.74, 6) is 0.202. The van der Waals surface area contributed by atoms with E-state index in [2.05, 4.69) is 39.3 Å². The first-order valence-electron chi connectivity index (χ1n) is 16.5. The Morgan fingerprint density at radius 3 is 2.60 bits per heavy atom. The van der Waals surface area contributed by atoms with Crippen LogP contribution in [0.4, 0.5) is 10.5 Å². The fourth-order valence-corrected chi connectivity index (χ4v) is 7.31. The lowest BCUT2D eigenvalue weighted by Crippen LogP contribution is -2.41. The van der Waals surface area contributed by atoms with E-state index in [-0.39, 0.29) is 30.9 Å². The number of nitrogens with one attached hydrogen (secondary N) is 1. The molecule has 2 aromatic carbocycles. The van der Waals surface area contributed by atoms with Crippen molar-refractivity contribution in [2.45, 2.75) is 45.0 Å². The first-order chi connectivity index (χ1) is 24.0. The largest absolute Gasteiger partial charge is 0.481 e. The van der Waals surface area contributed by atoms with E-state index in [1.807, 2.05) is 37.3 Å². The molecule has 3 N–H and O–H groups in total. The van der Waals surface area contributed by atoms with Crippen LogP contribution in [0.2, 0.25) is 10.0 Å². The number of hydrogen-bond donors (Lipinski definition) is 3. The van der Waals surface area contributed by atoms with Crippen LogP contribution in [-0.4, -0.2) is 94.5 Å². The summed E-state index contributed by atoms with van der Waals surface area (Å²) in [5.41, 5.74) is 6.99. The zero-order valence-electron chi connectivity index (χ0n) is 28.2. The molecule has 2 aliphatic heterocycles. The van der Waals surface area contributed by atoms with Gasteiger partial charge >= 0.3 is 6.09 Å². The van der Waals surface area contributed by atoms with Crippen LogP contribution in [0.25, 0.3) is 33.6 Å². The van der Waals surface area contributed by atoms with Crippen molar-refractivity contribution in [3.8, 4) is 39.5 Å². The Morgan fingerprint density at radius 1 is 1.10 bits per heavy atom. The number of carboxylic acid groups (broad SMARTS) is 1. The van der Waals surface area contributed by atoms with Gasteiger partial charge in [-0.2, -0.15) is 0 Å². The molecule has 4 heterocycles. The molecular formula is C37H40Cl2N6O5. The van der Waals surface area contributed by atoms with Gasteiger partial charge in [-0.3, -0.25) is 14.7 Å². The minimum Gasteiger partial charge on any atom is -0.481 e. The highest BCUT2D eigenvalue weighted by Gasteiger charge is 2.27. The van der Waals surface area contributed by atoms with Crippen LogP contribution in [0, 0.1) is 0 Å². The van der Waals surface area contributed by atoms with Gasteiger partial charge < -0.3 is 30.1 Å². The van der Waals surface area contributed by atoms with Crippen molar-refractivity contribution in [3.05, 3.63) is 82.0 Å². The first-order valence-corrected chi connectivity index (χ1v) is 17.3. The number of anilines is 1. The van der Waals surface area contributed by atoms with Crippen molar-refractivity contribution < 1.29 is 24.5 Å². The molecule has 6 rings (SSSR count). The molecule has 0 saturated carbocycles. The highest BCUT2D eigenvalue weighted by Crippen LogP contribution is 2.42. The van der Waals surface area contributed by atoms with Crippen molar-refractivity contribution in [2.24, 2.45) is 0 Å². The molecule has 2 amide bonds. The molecule has 0 aliphatic carbocycles. The zero-order chi connectivity index (χ0) is 35.5. The molecule has 13 heteroatoms. The number of ether oxygens (including phenoxy) is 1. The van der Waals surface area contributed by atoms with Crippen molar-refractivity contribution >= 4 is 40.9 Å². The molecule has 2 atom stereocenters. The standard InChI is InChI=1S/C37H40Cl2N6O5/c1-22(46)18-44-16-15-43(2)31-17-23(7-8-24(31)19-44)35-34(39)28(13-14-40-35)27-5-4-6-29(33(27)38)30-11-9-25(36(42-30)50-3)20-45(37(48)49)21-26-10-12-32(47)41-26/h4-9,11,13-14,17,22,26,46H,10,12,15-16,18-21H2,1-3H3,(H,41,47)(H,48,49). The number of methoxy groups -OCH3 is 1. The normalized spacial score (nSPS) is 16.8. The smallest absolute Gasteiger partial charge is 0.407 e. The molecule has 4 aromatic rings. The van der Waals surface area contributed by atoms with Crippen LogP contribution in [0.3, 0.4) is 0 Å². The second kappa shape index (κ2) is 15.2. The number of amides is 2. The van der Waals surface area contributed by atoms with E-state index < -0.39 is 12.2 Å². The van der Waals surface area contributed by atoms with E-state index in [9.17, 15) is 19.8 Å². The van der Waals surface area contributed by atoms with Crippen LogP contribution in [0.5, 0.6) is 5.88 Å². The Kier molecular flexibility index (Phi) is 10.8. The van der Waals surface area contributed by atoms with Crippen LogP contribution >= 0.6 is 23.2 Å². The lowest BCUT2D eigenvalue weighted by atomic mass is 9.98. The highest BCUT2D eigenvalue weighted by molar-refractivity contribution is 6.39. The average molecular weight is 720 g/mol. The van der Waals surface area contributed by atoms with Crippen LogP contribution in [0.15, 0.2) is 60.8 Å². The minimum absolute atomic E-state index is 0.0416. The molecule has 2 aromatic heterocycles. The number of benzene rings is 2. The summed E-state index contributed by atoms with van der Waals surface area (Å²) >= 11 is 14.2. The molecule has 2 aliphatic rings. The molecule has 2 unspecified atom stereocenters. The molecule has 0 bridgehead atoms. The second-order valence-electron chi connectivity index (χ2n) is 12.9. The van der Waals surface area contributed by atoms with E-state index in [1.165, 1.54) is 17.6 Å². The predicted molar refractivity (Wildman–Crippen MR) is 195 cm³/mol. The lowest BCUT2D eigenvalue weighted by molar-refractivity contribution is -0.119. The number of aromatic nitrogens is 2. The summed E-state index contributed by atoms with van der Waals surface area (Å²) in [6.45, 7) is 5.04. The number of hydrogen-bond acceptors (Lipinski definition) is 8. The summed E-state index contributed by atoms with van der Waals surface area (Å²) in [4.78, 5) is 38.8. The number of nitrogens with zero attached hydrogens (tertiary/aromatic N) is 5. The summed E-state index contributed by atoms with van der Waals surface area (Å²) in [6, 6.07) is 17.1. The Balaban J connectivity index is 1.28. The van der Waals surface area contributed by atoms with Gasteiger partial charge in [0.05, 0.1) is 41.2 Å². The average Bonchev–Trinajstić information content (AvgIpc) is 3.44. The summed E-state index contributed by atoms with van der Waals surface area (Å²) in [6.07, 6.45) is 1.20. The maximum Gasteiger partial charge on any atom is 0.407 e. The molecule has 1 fully saturated rings. The lowest BCUT2D eigenvalue weighted by Gasteiger charge is -2.23. The van der Waals surface area contributed by atoms with Gasteiger partial charge in [-0.25, -0.2) is 9.78 Å². The van der Waals surface area contributed by atoms with Crippen molar-refractivity contribution in [2.75, 3.05) is 45.2 Å². The Labute approximate surface area is 301 Å². The van der Waals surface area contributed by atoms with Crippen molar-refractivity contribution in [1.29, 1.82) is 0 Å². The molecular weight excluding hydrogens is 679 g/mol.